The van der Waals surface area contributed by atoms with Crippen LogP contribution in [0.5, 0.6) is 5.75 Å². The first kappa shape index (κ1) is 11.9. The number of methoxy groups -OCH3 is 1. The molecule has 0 heterocycles. The predicted molar refractivity (Wildman–Crippen MR) is 66.7 cm³/mol. The lowest BCUT2D eigenvalue weighted by Gasteiger charge is -2.12. The Labute approximate surface area is 102 Å². The molecule has 1 aliphatic carbocycles. The fourth-order valence-electron chi connectivity index (χ4n) is 1.96. The highest BCUT2D eigenvalue weighted by Crippen LogP contribution is 2.44. The number of hydrogen-bond donors (Lipinski definition) is 1. The monoisotopic (exact) mass is 230 g/mol. The molecule has 0 atom stereocenters. The van der Waals surface area contributed by atoms with Crippen LogP contribution in [0.3, 0.4) is 0 Å². The number of benzene rings is 1. The highest BCUT2D eigenvalue weighted by atomic mass is 16.5. The van der Waals surface area contributed by atoms with Gasteiger partial charge in [-0.15, -0.1) is 0 Å². The minimum absolute atomic E-state index is 0.0862. The average Bonchev–Trinajstić information content (AvgIpc) is 3.10. The van der Waals surface area contributed by atoms with Crippen molar-refractivity contribution in [2.45, 2.75) is 26.3 Å². The fraction of sp³-hybridized carbons (Fsp3) is 0.500. The Morgan fingerprint density at radius 1 is 1.47 bits per heavy atom. The van der Waals surface area contributed by atoms with Gasteiger partial charge in [-0.1, -0.05) is 17.7 Å². The minimum atomic E-state index is -0.0862. The largest absolute Gasteiger partial charge is 0.496 e. The molecule has 0 aromatic heterocycles. The van der Waals surface area contributed by atoms with Crippen molar-refractivity contribution in [3.8, 4) is 11.8 Å². The van der Waals surface area contributed by atoms with Gasteiger partial charge in [0.25, 0.3) is 0 Å². The summed E-state index contributed by atoms with van der Waals surface area (Å²) in [4.78, 5) is 0. The normalized spacial score (nSPS) is 16.3. The van der Waals surface area contributed by atoms with Crippen LogP contribution in [0, 0.1) is 23.7 Å². The number of nitrogens with zero attached hydrogens (tertiary/aromatic N) is 1. The van der Waals surface area contributed by atoms with E-state index in [2.05, 4.69) is 24.4 Å². The third-order valence-electron chi connectivity index (χ3n) is 3.31. The van der Waals surface area contributed by atoms with Gasteiger partial charge >= 0.3 is 0 Å². The zero-order chi connectivity index (χ0) is 12.3. The van der Waals surface area contributed by atoms with Crippen LogP contribution in [-0.4, -0.2) is 13.7 Å². The van der Waals surface area contributed by atoms with Gasteiger partial charge in [0.2, 0.25) is 0 Å². The first-order chi connectivity index (χ1) is 8.19. The molecule has 0 spiro atoms. The van der Waals surface area contributed by atoms with Crippen LogP contribution in [0.15, 0.2) is 18.2 Å². The van der Waals surface area contributed by atoms with E-state index in [1.165, 1.54) is 5.56 Å². The zero-order valence-electron chi connectivity index (χ0n) is 10.4. The van der Waals surface area contributed by atoms with E-state index in [-0.39, 0.29) is 5.41 Å². The number of nitrogens with one attached hydrogen (secondary N) is 1. The third kappa shape index (κ3) is 2.78. The van der Waals surface area contributed by atoms with Crippen LogP contribution >= 0.6 is 0 Å². The van der Waals surface area contributed by atoms with E-state index in [9.17, 15) is 0 Å². The Kier molecular flexibility index (Phi) is 3.35. The summed E-state index contributed by atoms with van der Waals surface area (Å²) in [7, 11) is 1.69. The highest BCUT2D eigenvalue weighted by molar-refractivity contribution is 5.36. The van der Waals surface area contributed by atoms with Crippen LogP contribution in [0.1, 0.15) is 24.0 Å². The predicted octanol–water partition coefficient (Wildman–Crippen LogP) is 2.40. The summed E-state index contributed by atoms with van der Waals surface area (Å²) in [5.74, 6) is 0.907. The van der Waals surface area contributed by atoms with Gasteiger partial charge in [-0.05, 0) is 25.8 Å². The first-order valence-electron chi connectivity index (χ1n) is 5.95. The summed E-state index contributed by atoms with van der Waals surface area (Å²) in [6, 6.07) is 8.54. The molecule has 90 valence electrons. The fourth-order valence-corrected chi connectivity index (χ4v) is 1.96. The Bertz CT molecular complexity index is 444. The van der Waals surface area contributed by atoms with Gasteiger partial charge in [-0.2, -0.15) is 5.26 Å². The van der Waals surface area contributed by atoms with Gasteiger partial charge in [0.1, 0.15) is 5.75 Å². The number of ether oxygens (including phenoxy) is 1. The molecular formula is C14H18N2O. The van der Waals surface area contributed by atoms with Gasteiger partial charge in [-0.3, -0.25) is 0 Å². The van der Waals surface area contributed by atoms with Crippen molar-refractivity contribution >= 4 is 0 Å². The van der Waals surface area contributed by atoms with Crippen molar-refractivity contribution in [3.63, 3.8) is 0 Å². The molecule has 0 bridgehead atoms. The number of hydrogen-bond acceptors (Lipinski definition) is 3. The molecule has 0 amide bonds. The number of aryl methyl sites for hydroxylation is 1. The molecule has 3 nitrogen and oxygen atoms in total. The number of rotatable bonds is 5. The maximum atomic E-state index is 8.98. The van der Waals surface area contributed by atoms with E-state index in [0.717, 1.165) is 37.2 Å². The molecule has 1 saturated carbocycles. The topological polar surface area (TPSA) is 45.0 Å². The van der Waals surface area contributed by atoms with E-state index in [0.29, 0.717) is 0 Å². The van der Waals surface area contributed by atoms with Crippen molar-refractivity contribution in [2.24, 2.45) is 5.41 Å². The summed E-state index contributed by atoms with van der Waals surface area (Å²) in [5, 5.41) is 12.3. The summed E-state index contributed by atoms with van der Waals surface area (Å²) in [6.07, 6.45) is 2.06. The standard InChI is InChI=1S/C14H18N2O/c1-11-3-4-13(17-2)12(7-11)8-16-10-14(9-15)5-6-14/h3-4,7,16H,5-6,8,10H2,1-2H3. The van der Waals surface area contributed by atoms with Gasteiger partial charge in [0.15, 0.2) is 0 Å². The molecule has 0 aliphatic heterocycles. The van der Waals surface area contributed by atoms with Gasteiger partial charge in [0.05, 0.1) is 18.6 Å². The van der Waals surface area contributed by atoms with Gasteiger partial charge in [0, 0.05) is 18.7 Å². The quantitative estimate of drug-likeness (QED) is 0.844. The van der Waals surface area contributed by atoms with Crippen molar-refractivity contribution in [1.82, 2.24) is 5.32 Å². The average molecular weight is 230 g/mol. The molecule has 17 heavy (non-hydrogen) atoms. The molecule has 0 saturated heterocycles. The van der Waals surface area contributed by atoms with Gasteiger partial charge < -0.3 is 10.1 Å². The van der Waals surface area contributed by atoms with Crippen molar-refractivity contribution < 1.29 is 4.74 Å². The molecule has 1 fully saturated rings. The maximum absolute atomic E-state index is 8.98. The Hall–Kier alpha value is -1.53. The lowest BCUT2D eigenvalue weighted by molar-refractivity contribution is 0.406. The summed E-state index contributed by atoms with van der Waals surface area (Å²) in [6.45, 7) is 3.61. The van der Waals surface area contributed by atoms with Crippen LogP contribution in [0.25, 0.3) is 0 Å². The second-order valence-electron chi connectivity index (χ2n) is 4.81. The van der Waals surface area contributed by atoms with E-state index in [1.54, 1.807) is 7.11 Å². The van der Waals surface area contributed by atoms with Crippen molar-refractivity contribution in [1.29, 1.82) is 5.26 Å². The van der Waals surface area contributed by atoms with Crippen LogP contribution in [0.2, 0.25) is 0 Å². The van der Waals surface area contributed by atoms with Crippen LogP contribution in [-0.2, 0) is 6.54 Å². The Balaban J connectivity index is 1.94. The van der Waals surface area contributed by atoms with Gasteiger partial charge in [-0.25, -0.2) is 0 Å². The van der Waals surface area contributed by atoms with E-state index in [4.69, 9.17) is 10.00 Å². The molecule has 1 aromatic rings. The lowest BCUT2D eigenvalue weighted by atomic mass is 10.1. The molecule has 3 heteroatoms. The van der Waals surface area contributed by atoms with Crippen molar-refractivity contribution in [3.05, 3.63) is 29.3 Å². The number of nitriles is 1. The van der Waals surface area contributed by atoms with Crippen molar-refractivity contribution in [2.75, 3.05) is 13.7 Å². The first-order valence-corrected chi connectivity index (χ1v) is 5.95. The molecule has 1 aromatic carbocycles. The molecule has 0 radical (unpaired) electrons. The minimum Gasteiger partial charge on any atom is -0.496 e. The van der Waals surface area contributed by atoms with E-state index in [1.807, 2.05) is 12.1 Å². The van der Waals surface area contributed by atoms with Crippen LogP contribution < -0.4 is 10.1 Å². The second-order valence-corrected chi connectivity index (χ2v) is 4.81. The Morgan fingerprint density at radius 3 is 2.82 bits per heavy atom. The zero-order valence-corrected chi connectivity index (χ0v) is 10.4. The lowest BCUT2D eigenvalue weighted by Crippen LogP contribution is -2.22. The SMILES string of the molecule is COc1ccc(C)cc1CNCC1(C#N)CC1. The summed E-state index contributed by atoms with van der Waals surface area (Å²) >= 11 is 0. The van der Waals surface area contributed by atoms with E-state index >= 15 is 0 Å². The van der Waals surface area contributed by atoms with E-state index < -0.39 is 0 Å². The molecule has 0 unspecified atom stereocenters. The smallest absolute Gasteiger partial charge is 0.123 e. The molecule has 1 aliphatic rings. The second kappa shape index (κ2) is 4.77. The van der Waals surface area contributed by atoms with Crippen LogP contribution in [0.4, 0.5) is 0 Å². The third-order valence-corrected chi connectivity index (χ3v) is 3.31. The molecule has 1 N–H and O–H groups in total. The highest BCUT2D eigenvalue weighted by Gasteiger charge is 2.42. The summed E-state index contributed by atoms with van der Waals surface area (Å²) < 4.78 is 5.32. The Morgan fingerprint density at radius 2 is 2.24 bits per heavy atom. The summed E-state index contributed by atoms with van der Waals surface area (Å²) in [5.41, 5.74) is 2.29. The maximum Gasteiger partial charge on any atom is 0.123 e. The molecule has 2 rings (SSSR count). The molecular weight excluding hydrogens is 212 g/mol.